The first kappa shape index (κ1) is 10.2. The van der Waals surface area contributed by atoms with Crippen molar-refractivity contribution in [3.05, 3.63) is 35.4 Å². The second-order valence-electron chi connectivity index (χ2n) is 2.77. The van der Waals surface area contributed by atoms with Gasteiger partial charge in [0.2, 0.25) is 0 Å². The third-order valence-electron chi connectivity index (χ3n) is 1.75. The third-order valence-corrected chi connectivity index (χ3v) is 1.75. The van der Waals surface area contributed by atoms with Crippen molar-refractivity contribution in [2.75, 3.05) is 14.2 Å². The first-order valence-electron chi connectivity index (χ1n) is 4.19. The summed E-state index contributed by atoms with van der Waals surface area (Å²) in [4.78, 5) is 4.75. The first-order chi connectivity index (χ1) is 6.36. The summed E-state index contributed by atoms with van der Waals surface area (Å²) in [5, 5.41) is 0. The molecule has 0 fully saturated rings. The van der Waals surface area contributed by atoms with Gasteiger partial charge in [-0.15, -0.1) is 0 Å². The average Bonchev–Trinajstić information content (AvgIpc) is 2.17. The number of hydrogen-bond donors (Lipinski definition) is 1. The lowest BCUT2D eigenvalue weighted by molar-refractivity contribution is 0.0867. The Balaban J connectivity index is 2.48. The molecule has 0 heterocycles. The number of rotatable bonds is 5. The molecule has 72 valence electrons. The number of benzene rings is 1. The highest BCUT2D eigenvalue weighted by Gasteiger charge is 1.93. The molecule has 0 atom stereocenters. The first-order valence-corrected chi connectivity index (χ1v) is 4.19. The van der Waals surface area contributed by atoms with Crippen molar-refractivity contribution in [2.24, 2.45) is 0 Å². The standard InChI is InChI=1S/C10H15NO2/c1-12-8-10-5-3-9(4-6-10)7-11-13-2/h3-6,11H,7-8H2,1-2H3. The molecule has 1 N–H and O–H groups in total. The van der Waals surface area contributed by atoms with E-state index in [1.807, 2.05) is 0 Å². The van der Waals surface area contributed by atoms with Crippen LogP contribution in [-0.4, -0.2) is 14.2 Å². The minimum absolute atomic E-state index is 0.665. The molecule has 0 saturated heterocycles. The Labute approximate surface area is 78.6 Å². The molecule has 0 radical (unpaired) electrons. The Morgan fingerprint density at radius 2 is 1.69 bits per heavy atom. The molecule has 3 heteroatoms. The molecule has 1 aromatic carbocycles. The van der Waals surface area contributed by atoms with E-state index in [0.29, 0.717) is 6.61 Å². The van der Waals surface area contributed by atoms with Crippen molar-refractivity contribution in [1.82, 2.24) is 5.48 Å². The Morgan fingerprint density at radius 1 is 1.08 bits per heavy atom. The van der Waals surface area contributed by atoms with E-state index in [1.54, 1.807) is 14.2 Å². The van der Waals surface area contributed by atoms with Gasteiger partial charge in [0, 0.05) is 13.7 Å². The van der Waals surface area contributed by atoms with Gasteiger partial charge < -0.3 is 9.57 Å². The molecule has 1 rings (SSSR count). The molecule has 0 unspecified atom stereocenters. The van der Waals surface area contributed by atoms with Crippen molar-refractivity contribution in [3.8, 4) is 0 Å². The van der Waals surface area contributed by atoms with E-state index in [4.69, 9.17) is 9.57 Å². The zero-order chi connectivity index (χ0) is 9.52. The van der Waals surface area contributed by atoms with Crippen LogP contribution < -0.4 is 5.48 Å². The summed E-state index contributed by atoms with van der Waals surface area (Å²) in [6.45, 7) is 1.39. The summed E-state index contributed by atoms with van der Waals surface area (Å²) in [6.07, 6.45) is 0. The molecule has 13 heavy (non-hydrogen) atoms. The van der Waals surface area contributed by atoms with Gasteiger partial charge in [-0.25, -0.2) is 0 Å². The molecular weight excluding hydrogens is 166 g/mol. The van der Waals surface area contributed by atoms with E-state index >= 15 is 0 Å². The zero-order valence-electron chi connectivity index (χ0n) is 8.04. The summed E-state index contributed by atoms with van der Waals surface area (Å²) in [5.74, 6) is 0. The van der Waals surface area contributed by atoms with Gasteiger partial charge in [-0.1, -0.05) is 24.3 Å². The smallest absolute Gasteiger partial charge is 0.0713 e. The number of hydroxylamine groups is 1. The van der Waals surface area contributed by atoms with Gasteiger partial charge in [0.1, 0.15) is 0 Å². The van der Waals surface area contributed by atoms with Gasteiger partial charge in [-0.2, -0.15) is 5.48 Å². The number of methoxy groups -OCH3 is 1. The Kier molecular flexibility index (Phi) is 4.46. The SMILES string of the molecule is COCc1ccc(CNOC)cc1. The molecule has 0 aliphatic heterocycles. The highest BCUT2D eigenvalue weighted by molar-refractivity contribution is 5.21. The maximum atomic E-state index is 5.01. The second kappa shape index (κ2) is 5.70. The van der Waals surface area contributed by atoms with Crippen LogP contribution in [0, 0.1) is 0 Å². The van der Waals surface area contributed by atoms with Crippen LogP contribution >= 0.6 is 0 Å². The summed E-state index contributed by atoms with van der Waals surface area (Å²) >= 11 is 0. The fourth-order valence-electron chi connectivity index (χ4n) is 1.08. The predicted octanol–water partition coefficient (Wildman–Crippen LogP) is 1.48. The van der Waals surface area contributed by atoms with E-state index < -0.39 is 0 Å². The highest BCUT2D eigenvalue weighted by atomic mass is 16.6. The van der Waals surface area contributed by atoms with E-state index in [1.165, 1.54) is 11.1 Å². The van der Waals surface area contributed by atoms with Gasteiger partial charge in [-0.05, 0) is 11.1 Å². The van der Waals surface area contributed by atoms with Crippen LogP contribution in [0.1, 0.15) is 11.1 Å². The fourth-order valence-corrected chi connectivity index (χ4v) is 1.08. The van der Waals surface area contributed by atoms with Crippen molar-refractivity contribution in [2.45, 2.75) is 13.2 Å². The zero-order valence-corrected chi connectivity index (χ0v) is 8.04. The molecule has 0 aliphatic carbocycles. The molecular formula is C10H15NO2. The molecule has 0 spiro atoms. The molecule has 0 aromatic heterocycles. The molecule has 0 bridgehead atoms. The van der Waals surface area contributed by atoms with Crippen LogP contribution in [-0.2, 0) is 22.7 Å². The third kappa shape index (κ3) is 3.55. The fraction of sp³-hybridized carbons (Fsp3) is 0.400. The monoisotopic (exact) mass is 181 g/mol. The maximum absolute atomic E-state index is 5.01. The number of hydrogen-bond acceptors (Lipinski definition) is 3. The topological polar surface area (TPSA) is 30.5 Å². The van der Waals surface area contributed by atoms with Crippen molar-refractivity contribution >= 4 is 0 Å². The minimum Gasteiger partial charge on any atom is -0.380 e. The highest BCUT2D eigenvalue weighted by Crippen LogP contribution is 2.04. The molecule has 1 aromatic rings. The molecule has 3 nitrogen and oxygen atoms in total. The lowest BCUT2D eigenvalue weighted by Crippen LogP contribution is -2.10. The average molecular weight is 181 g/mol. The van der Waals surface area contributed by atoms with E-state index in [2.05, 4.69) is 29.7 Å². The van der Waals surface area contributed by atoms with Gasteiger partial charge >= 0.3 is 0 Å². The lowest BCUT2D eigenvalue weighted by Gasteiger charge is -2.03. The van der Waals surface area contributed by atoms with E-state index in [9.17, 15) is 0 Å². The van der Waals surface area contributed by atoms with Gasteiger partial charge in [0.15, 0.2) is 0 Å². The lowest BCUT2D eigenvalue weighted by atomic mass is 10.1. The molecule has 0 amide bonds. The molecule has 0 saturated carbocycles. The Hall–Kier alpha value is -0.900. The largest absolute Gasteiger partial charge is 0.380 e. The van der Waals surface area contributed by atoms with Crippen LogP contribution in [0.5, 0.6) is 0 Å². The number of ether oxygens (including phenoxy) is 1. The Morgan fingerprint density at radius 3 is 2.23 bits per heavy atom. The van der Waals surface area contributed by atoms with Crippen LogP contribution in [0.15, 0.2) is 24.3 Å². The van der Waals surface area contributed by atoms with Gasteiger partial charge in [-0.3, -0.25) is 0 Å². The summed E-state index contributed by atoms with van der Waals surface area (Å²) < 4.78 is 5.01. The summed E-state index contributed by atoms with van der Waals surface area (Å²) in [6, 6.07) is 8.22. The molecule has 0 aliphatic rings. The van der Waals surface area contributed by atoms with Crippen LogP contribution in [0.2, 0.25) is 0 Å². The van der Waals surface area contributed by atoms with E-state index in [0.717, 1.165) is 6.54 Å². The predicted molar refractivity (Wildman–Crippen MR) is 51.0 cm³/mol. The van der Waals surface area contributed by atoms with Crippen LogP contribution in [0.4, 0.5) is 0 Å². The van der Waals surface area contributed by atoms with Gasteiger partial charge in [0.05, 0.1) is 13.7 Å². The second-order valence-corrected chi connectivity index (χ2v) is 2.77. The quantitative estimate of drug-likeness (QED) is 0.698. The summed E-state index contributed by atoms with van der Waals surface area (Å²) in [7, 11) is 3.31. The normalized spacial score (nSPS) is 10.3. The Bertz CT molecular complexity index is 233. The van der Waals surface area contributed by atoms with Crippen molar-refractivity contribution < 1.29 is 9.57 Å². The van der Waals surface area contributed by atoms with Crippen LogP contribution in [0.25, 0.3) is 0 Å². The van der Waals surface area contributed by atoms with E-state index in [-0.39, 0.29) is 0 Å². The van der Waals surface area contributed by atoms with Crippen molar-refractivity contribution in [1.29, 1.82) is 0 Å². The van der Waals surface area contributed by atoms with Crippen LogP contribution in [0.3, 0.4) is 0 Å². The minimum atomic E-state index is 0.665. The number of nitrogens with one attached hydrogen (secondary N) is 1. The van der Waals surface area contributed by atoms with Crippen molar-refractivity contribution in [3.63, 3.8) is 0 Å². The summed E-state index contributed by atoms with van der Waals surface area (Å²) in [5.41, 5.74) is 5.16. The van der Waals surface area contributed by atoms with Gasteiger partial charge in [0.25, 0.3) is 0 Å². The maximum Gasteiger partial charge on any atom is 0.0713 e.